The summed E-state index contributed by atoms with van der Waals surface area (Å²) >= 11 is 0. The fourth-order valence-corrected chi connectivity index (χ4v) is 4.96. The summed E-state index contributed by atoms with van der Waals surface area (Å²) < 4.78 is 32.1. The van der Waals surface area contributed by atoms with Crippen molar-refractivity contribution < 1.29 is 18.3 Å². The molecule has 2 saturated heterocycles. The Balaban J connectivity index is 1.22. The highest BCUT2D eigenvalue weighted by Gasteiger charge is 2.42. The lowest BCUT2D eigenvalue weighted by atomic mass is 9.78. The van der Waals surface area contributed by atoms with Crippen LogP contribution in [0.1, 0.15) is 44.9 Å². The number of nitrogens with zero attached hydrogens (tertiary/aromatic N) is 1. The molecular weight excluding hydrogens is 350 g/mol. The standard InChI is InChI=1S/C21H28F2N2O2/c22-18-6-5-15(13-19(18)23)27-14-7-10-25(11-8-14)12-9-17-16-3-1-2-4-20(16)24-21(17)26/h5-6,13-14,16-17,20H,1-4,7-12H2,(H,24,26)/t16-,17?,20+/m0/s1. The fourth-order valence-electron chi connectivity index (χ4n) is 4.96. The van der Waals surface area contributed by atoms with Gasteiger partial charge in [-0.25, -0.2) is 8.78 Å². The van der Waals surface area contributed by atoms with E-state index in [2.05, 4.69) is 10.2 Å². The van der Waals surface area contributed by atoms with Crippen molar-refractivity contribution >= 4 is 5.91 Å². The molecule has 4 nitrogen and oxygen atoms in total. The quantitative estimate of drug-likeness (QED) is 0.853. The summed E-state index contributed by atoms with van der Waals surface area (Å²) in [6, 6.07) is 4.10. The number of carbonyl (C=O) groups is 1. The number of piperidine rings is 1. The lowest BCUT2D eigenvalue weighted by Gasteiger charge is -2.33. The van der Waals surface area contributed by atoms with Gasteiger partial charge < -0.3 is 15.0 Å². The number of likely N-dealkylation sites (tertiary alicyclic amines) is 1. The minimum atomic E-state index is -0.874. The highest BCUT2D eigenvalue weighted by atomic mass is 19.2. The molecule has 2 heterocycles. The smallest absolute Gasteiger partial charge is 0.223 e. The molecule has 1 unspecified atom stereocenters. The van der Waals surface area contributed by atoms with E-state index in [9.17, 15) is 13.6 Å². The molecule has 3 fully saturated rings. The van der Waals surface area contributed by atoms with E-state index in [1.807, 2.05) is 0 Å². The van der Waals surface area contributed by atoms with Crippen molar-refractivity contribution in [1.82, 2.24) is 10.2 Å². The first-order valence-corrected chi connectivity index (χ1v) is 10.2. The normalized spacial score (nSPS) is 29.4. The molecule has 6 heteroatoms. The van der Waals surface area contributed by atoms with Crippen molar-refractivity contribution in [3.8, 4) is 5.75 Å². The van der Waals surface area contributed by atoms with Crippen LogP contribution in [0.4, 0.5) is 8.78 Å². The molecule has 0 aromatic heterocycles. The summed E-state index contributed by atoms with van der Waals surface area (Å²) in [5, 5.41) is 3.20. The highest BCUT2D eigenvalue weighted by molar-refractivity contribution is 5.81. The van der Waals surface area contributed by atoms with E-state index >= 15 is 0 Å². The Hall–Kier alpha value is -1.69. The largest absolute Gasteiger partial charge is 0.490 e. The molecule has 1 amide bonds. The van der Waals surface area contributed by atoms with E-state index in [1.165, 1.54) is 25.3 Å². The third-order valence-electron chi connectivity index (χ3n) is 6.49. The van der Waals surface area contributed by atoms with Gasteiger partial charge in [-0.1, -0.05) is 12.8 Å². The second-order valence-corrected chi connectivity index (χ2v) is 8.19. The zero-order chi connectivity index (χ0) is 18.8. The van der Waals surface area contributed by atoms with Gasteiger partial charge in [0.05, 0.1) is 0 Å². The maximum absolute atomic E-state index is 13.3. The molecule has 1 aromatic rings. The number of nitrogens with one attached hydrogen (secondary N) is 1. The number of rotatable bonds is 5. The Labute approximate surface area is 159 Å². The summed E-state index contributed by atoms with van der Waals surface area (Å²) in [6.07, 6.45) is 7.49. The van der Waals surface area contributed by atoms with Crippen LogP contribution < -0.4 is 10.1 Å². The lowest BCUT2D eigenvalue weighted by Crippen LogP contribution is -2.39. The molecule has 1 aromatic carbocycles. The second kappa shape index (κ2) is 8.13. The second-order valence-electron chi connectivity index (χ2n) is 8.19. The van der Waals surface area contributed by atoms with Gasteiger partial charge in [-0.15, -0.1) is 0 Å². The number of hydrogen-bond donors (Lipinski definition) is 1. The summed E-state index contributed by atoms with van der Waals surface area (Å²) in [7, 11) is 0. The lowest BCUT2D eigenvalue weighted by molar-refractivity contribution is -0.123. The first kappa shape index (κ1) is 18.7. The van der Waals surface area contributed by atoms with Crippen molar-refractivity contribution in [2.45, 2.75) is 57.1 Å². The molecule has 148 valence electrons. The maximum Gasteiger partial charge on any atom is 0.223 e. The van der Waals surface area contributed by atoms with Gasteiger partial charge in [-0.05, 0) is 56.7 Å². The molecule has 0 spiro atoms. The number of halogens is 2. The van der Waals surface area contributed by atoms with Gasteiger partial charge >= 0.3 is 0 Å². The first-order valence-electron chi connectivity index (χ1n) is 10.2. The van der Waals surface area contributed by atoms with Crippen molar-refractivity contribution in [2.24, 2.45) is 11.8 Å². The third kappa shape index (κ3) is 4.26. The van der Waals surface area contributed by atoms with E-state index in [1.54, 1.807) is 0 Å². The minimum Gasteiger partial charge on any atom is -0.490 e. The summed E-state index contributed by atoms with van der Waals surface area (Å²) in [4.78, 5) is 14.7. The SMILES string of the molecule is O=C1N[C@@H]2CCCC[C@H]2C1CCN1CCC(Oc2ccc(F)c(F)c2)CC1. The number of ether oxygens (including phenoxy) is 1. The van der Waals surface area contributed by atoms with Crippen LogP contribution in [0.25, 0.3) is 0 Å². The molecule has 4 rings (SSSR count). The average molecular weight is 378 g/mol. The number of amides is 1. The van der Waals surface area contributed by atoms with Crippen LogP contribution in [0.5, 0.6) is 5.75 Å². The molecule has 3 atom stereocenters. The highest BCUT2D eigenvalue weighted by Crippen LogP contribution is 2.37. The molecule has 1 N–H and O–H groups in total. The molecule has 1 aliphatic carbocycles. The Morgan fingerprint density at radius 2 is 1.85 bits per heavy atom. The van der Waals surface area contributed by atoms with Crippen molar-refractivity contribution in [1.29, 1.82) is 0 Å². The Bertz CT molecular complexity index is 676. The van der Waals surface area contributed by atoms with Crippen LogP contribution in [0.2, 0.25) is 0 Å². The summed E-state index contributed by atoms with van der Waals surface area (Å²) in [6.45, 7) is 2.77. The average Bonchev–Trinajstić information content (AvgIpc) is 2.99. The van der Waals surface area contributed by atoms with Crippen LogP contribution >= 0.6 is 0 Å². The predicted octanol–water partition coefficient (Wildman–Crippen LogP) is 3.50. The van der Waals surface area contributed by atoms with Crippen LogP contribution in [0.15, 0.2) is 18.2 Å². The molecule has 3 aliphatic rings. The molecule has 2 aliphatic heterocycles. The molecular formula is C21H28F2N2O2. The first-order chi connectivity index (χ1) is 13.1. The number of fused-ring (bicyclic) bond motifs is 1. The third-order valence-corrected chi connectivity index (χ3v) is 6.49. The Morgan fingerprint density at radius 1 is 1.07 bits per heavy atom. The van der Waals surface area contributed by atoms with Crippen LogP contribution in [0, 0.1) is 23.5 Å². The van der Waals surface area contributed by atoms with Crippen molar-refractivity contribution in [3.63, 3.8) is 0 Å². The van der Waals surface area contributed by atoms with Gasteiger partial charge in [0.15, 0.2) is 11.6 Å². The van der Waals surface area contributed by atoms with Crippen molar-refractivity contribution in [3.05, 3.63) is 29.8 Å². The summed E-state index contributed by atoms with van der Waals surface area (Å²) in [5.74, 6) is -0.386. The molecule has 0 bridgehead atoms. The Kier molecular flexibility index (Phi) is 5.62. The van der Waals surface area contributed by atoms with Gasteiger partial charge in [0.2, 0.25) is 5.91 Å². The van der Waals surface area contributed by atoms with Crippen LogP contribution in [0.3, 0.4) is 0 Å². The fraction of sp³-hybridized carbons (Fsp3) is 0.667. The maximum atomic E-state index is 13.3. The zero-order valence-corrected chi connectivity index (χ0v) is 15.6. The predicted molar refractivity (Wildman–Crippen MR) is 98.4 cm³/mol. The van der Waals surface area contributed by atoms with E-state index in [0.717, 1.165) is 57.5 Å². The van der Waals surface area contributed by atoms with Gasteiger partial charge in [-0.3, -0.25) is 4.79 Å². The van der Waals surface area contributed by atoms with Gasteiger partial charge in [0, 0.05) is 31.1 Å². The van der Waals surface area contributed by atoms with E-state index < -0.39 is 11.6 Å². The van der Waals surface area contributed by atoms with E-state index in [-0.39, 0.29) is 17.9 Å². The van der Waals surface area contributed by atoms with Gasteiger partial charge in [0.1, 0.15) is 11.9 Å². The zero-order valence-electron chi connectivity index (χ0n) is 15.6. The molecule has 27 heavy (non-hydrogen) atoms. The van der Waals surface area contributed by atoms with Gasteiger partial charge in [0.25, 0.3) is 0 Å². The number of benzene rings is 1. The monoisotopic (exact) mass is 378 g/mol. The summed E-state index contributed by atoms with van der Waals surface area (Å²) in [5.41, 5.74) is 0. The number of carbonyl (C=O) groups excluding carboxylic acids is 1. The minimum absolute atomic E-state index is 0.0311. The van der Waals surface area contributed by atoms with Crippen LogP contribution in [-0.4, -0.2) is 42.6 Å². The van der Waals surface area contributed by atoms with Crippen LogP contribution in [-0.2, 0) is 4.79 Å². The van der Waals surface area contributed by atoms with E-state index in [0.29, 0.717) is 17.7 Å². The van der Waals surface area contributed by atoms with E-state index in [4.69, 9.17) is 4.74 Å². The van der Waals surface area contributed by atoms with Gasteiger partial charge in [-0.2, -0.15) is 0 Å². The molecule has 0 radical (unpaired) electrons. The molecule has 1 saturated carbocycles. The van der Waals surface area contributed by atoms with Crippen molar-refractivity contribution in [2.75, 3.05) is 19.6 Å². The number of hydrogen-bond acceptors (Lipinski definition) is 3. The Morgan fingerprint density at radius 3 is 2.63 bits per heavy atom. The topological polar surface area (TPSA) is 41.6 Å².